The Hall–Kier alpha value is -2.93. The standard InChI is InChI=1S/C20H19N5OS/c1-2-12-25-16-11-7-6-10-15(16)18-19(25)22-20(24-23-18)27-13-17(26)21-14-8-4-3-5-9-14/h3-11H,2,12-13H2,1H3,(H,21,26). The molecule has 0 aliphatic carbocycles. The highest BCUT2D eigenvalue weighted by Gasteiger charge is 2.15. The second-order valence-electron chi connectivity index (χ2n) is 6.14. The Bertz CT molecular complexity index is 1090. The van der Waals surface area contributed by atoms with Crippen LogP contribution < -0.4 is 5.32 Å². The first-order valence-electron chi connectivity index (χ1n) is 8.85. The van der Waals surface area contributed by atoms with Gasteiger partial charge in [0.25, 0.3) is 0 Å². The monoisotopic (exact) mass is 377 g/mol. The number of nitrogens with zero attached hydrogens (tertiary/aromatic N) is 4. The normalized spacial score (nSPS) is 11.1. The Balaban J connectivity index is 1.57. The van der Waals surface area contributed by atoms with Crippen LogP contribution in [0.4, 0.5) is 5.69 Å². The third-order valence-electron chi connectivity index (χ3n) is 4.19. The number of fused-ring (bicyclic) bond motifs is 3. The van der Waals surface area contributed by atoms with Crippen molar-refractivity contribution in [2.75, 3.05) is 11.1 Å². The van der Waals surface area contributed by atoms with Gasteiger partial charge < -0.3 is 9.88 Å². The third-order valence-corrected chi connectivity index (χ3v) is 5.03. The second-order valence-corrected chi connectivity index (χ2v) is 7.08. The van der Waals surface area contributed by atoms with E-state index in [4.69, 9.17) is 0 Å². The van der Waals surface area contributed by atoms with E-state index in [9.17, 15) is 4.79 Å². The van der Waals surface area contributed by atoms with Crippen molar-refractivity contribution in [3.05, 3.63) is 54.6 Å². The van der Waals surface area contributed by atoms with E-state index in [1.807, 2.05) is 48.5 Å². The van der Waals surface area contributed by atoms with E-state index in [1.165, 1.54) is 11.8 Å². The van der Waals surface area contributed by atoms with Gasteiger partial charge in [0.1, 0.15) is 5.52 Å². The van der Waals surface area contributed by atoms with Crippen molar-refractivity contribution in [1.29, 1.82) is 0 Å². The molecule has 27 heavy (non-hydrogen) atoms. The molecule has 0 spiro atoms. The lowest BCUT2D eigenvalue weighted by Gasteiger charge is -2.05. The number of thioether (sulfide) groups is 1. The Morgan fingerprint density at radius 3 is 2.67 bits per heavy atom. The number of hydrogen-bond donors (Lipinski definition) is 1. The Kier molecular flexibility index (Phi) is 5.02. The number of aromatic nitrogens is 4. The van der Waals surface area contributed by atoms with Crippen LogP contribution in [0, 0.1) is 0 Å². The molecule has 1 N–H and O–H groups in total. The second kappa shape index (κ2) is 7.75. The third kappa shape index (κ3) is 3.64. The SMILES string of the molecule is CCCn1c2ccccc2c2nnc(SCC(=O)Nc3ccccc3)nc21. The van der Waals surface area contributed by atoms with Gasteiger partial charge in [-0.2, -0.15) is 0 Å². The zero-order valence-electron chi connectivity index (χ0n) is 14.9. The van der Waals surface area contributed by atoms with E-state index < -0.39 is 0 Å². The highest BCUT2D eigenvalue weighted by Crippen LogP contribution is 2.27. The van der Waals surface area contributed by atoms with E-state index >= 15 is 0 Å². The fraction of sp³-hybridized carbons (Fsp3) is 0.200. The summed E-state index contributed by atoms with van der Waals surface area (Å²) >= 11 is 1.29. The number of carbonyl (C=O) groups excluding carboxylic acids is 1. The predicted molar refractivity (Wildman–Crippen MR) is 109 cm³/mol. The molecule has 1 amide bonds. The number of carbonyl (C=O) groups is 1. The zero-order chi connectivity index (χ0) is 18.6. The van der Waals surface area contributed by atoms with Crippen molar-refractivity contribution in [1.82, 2.24) is 19.7 Å². The summed E-state index contributed by atoms with van der Waals surface area (Å²) in [6.07, 6.45) is 1.000. The molecular formula is C20H19N5OS. The molecule has 0 aliphatic heterocycles. The Labute approximate surface area is 161 Å². The van der Waals surface area contributed by atoms with Gasteiger partial charge in [0, 0.05) is 17.6 Å². The number of amides is 1. The van der Waals surface area contributed by atoms with Gasteiger partial charge in [-0.3, -0.25) is 4.79 Å². The highest BCUT2D eigenvalue weighted by molar-refractivity contribution is 7.99. The van der Waals surface area contributed by atoms with Crippen LogP contribution in [0.15, 0.2) is 59.8 Å². The lowest BCUT2D eigenvalue weighted by Crippen LogP contribution is -2.14. The van der Waals surface area contributed by atoms with E-state index in [0.29, 0.717) is 5.16 Å². The van der Waals surface area contributed by atoms with E-state index in [1.54, 1.807) is 0 Å². The Morgan fingerprint density at radius 1 is 1.07 bits per heavy atom. The molecule has 2 heterocycles. The number of aryl methyl sites for hydroxylation is 1. The summed E-state index contributed by atoms with van der Waals surface area (Å²) in [5.74, 6) is 0.139. The smallest absolute Gasteiger partial charge is 0.234 e. The maximum Gasteiger partial charge on any atom is 0.234 e. The van der Waals surface area contributed by atoms with Crippen molar-refractivity contribution in [2.24, 2.45) is 0 Å². The number of para-hydroxylation sites is 2. The summed E-state index contributed by atoms with van der Waals surface area (Å²) in [5, 5.41) is 13.0. The van der Waals surface area contributed by atoms with Crippen molar-refractivity contribution in [2.45, 2.75) is 25.0 Å². The molecule has 4 rings (SSSR count). The quantitative estimate of drug-likeness (QED) is 0.512. The first-order valence-corrected chi connectivity index (χ1v) is 9.84. The van der Waals surface area contributed by atoms with Gasteiger partial charge in [0.05, 0.1) is 11.3 Å². The molecule has 2 aromatic heterocycles. The molecule has 7 heteroatoms. The molecule has 0 fully saturated rings. The van der Waals surface area contributed by atoms with Crippen LogP contribution in [-0.4, -0.2) is 31.4 Å². The number of nitrogens with one attached hydrogen (secondary N) is 1. The molecule has 0 radical (unpaired) electrons. The number of anilines is 1. The van der Waals surface area contributed by atoms with Crippen LogP contribution in [0.25, 0.3) is 22.1 Å². The van der Waals surface area contributed by atoms with E-state index in [0.717, 1.165) is 40.7 Å². The van der Waals surface area contributed by atoms with Crippen molar-refractivity contribution >= 4 is 45.4 Å². The maximum absolute atomic E-state index is 12.1. The van der Waals surface area contributed by atoms with Crippen LogP contribution in [0.2, 0.25) is 0 Å². The van der Waals surface area contributed by atoms with Gasteiger partial charge in [-0.25, -0.2) is 4.98 Å². The van der Waals surface area contributed by atoms with Crippen LogP contribution in [0.5, 0.6) is 0 Å². The topological polar surface area (TPSA) is 72.7 Å². The summed E-state index contributed by atoms with van der Waals surface area (Å²) in [4.78, 5) is 16.8. The summed E-state index contributed by atoms with van der Waals surface area (Å²) in [7, 11) is 0. The first-order chi connectivity index (χ1) is 13.3. The average molecular weight is 377 g/mol. The van der Waals surface area contributed by atoms with Gasteiger partial charge in [-0.15, -0.1) is 10.2 Å². The maximum atomic E-state index is 12.1. The van der Waals surface area contributed by atoms with Gasteiger partial charge in [-0.05, 0) is 24.6 Å². The van der Waals surface area contributed by atoms with Gasteiger partial charge in [0.15, 0.2) is 5.65 Å². The molecular weight excluding hydrogens is 358 g/mol. The minimum absolute atomic E-state index is 0.0935. The van der Waals surface area contributed by atoms with Crippen LogP contribution in [0.3, 0.4) is 0 Å². The molecule has 0 atom stereocenters. The summed E-state index contributed by atoms with van der Waals surface area (Å²) in [6.45, 7) is 3.00. The highest BCUT2D eigenvalue weighted by atomic mass is 32.2. The molecule has 6 nitrogen and oxygen atoms in total. The lowest BCUT2D eigenvalue weighted by molar-refractivity contribution is -0.113. The van der Waals surface area contributed by atoms with Crippen LogP contribution >= 0.6 is 11.8 Å². The summed E-state index contributed by atoms with van der Waals surface area (Å²) < 4.78 is 2.17. The van der Waals surface area contributed by atoms with Crippen molar-refractivity contribution < 1.29 is 4.79 Å². The van der Waals surface area contributed by atoms with Crippen molar-refractivity contribution in [3.8, 4) is 0 Å². The molecule has 136 valence electrons. The van der Waals surface area contributed by atoms with E-state index in [2.05, 4.69) is 38.1 Å². The van der Waals surface area contributed by atoms with Gasteiger partial charge in [-0.1, -0.05) is 55.1 Å². The zero-order valence-corrected chi connectivity index (χ0v) is 15.7. The minimum Gasteiger partial charge on any atom is -0.325 e. The van der Waals surface area contributed by atoms with E-state index in [-0.39, 0.29) is 11.7 Å². The first kappa shape index (κ1) is 17.5. The Morgan fingerprint density at radius 2 is 1.85 bits per heavy atom. The number of benzene rings is 2. The fourth-order valence-corrected chi connectivity index (χ4v) is 3.63. The molecule has 0 aliphatic rings. The predicted octanol–water partition coefficient (Wildman–Crippen LogP) is 4.12. The number of rotatable bonds is 6. The van der Waals surface area contributed by atoms with Crippen LogP contribution in [0.1, 0.15) is 13.3 Å². The average Bonchev–Trinajstić information content (AvgIpc) is 3.01. The molecule has 0 unspecified atom stereocenters. The molecule has 2 aromatic carbocycles. The molecule has 0 bridgehead atoms. The summed E-state index contributed by atoms with van der Waals surface area (Å²) in [5.41, 5.74) is 3.51. The fourth-order valence-electron chi connectivity index (χ4n) is 3.05. The molecule has 0 saturated heterocycles. The molecule has 0 saturated carbocycles. The van der Waals surface area contributed by atoms with Crippen molar-refractivity contribution in [3.63, 3.8) is 0 Å². The largest absolute Gasteiger partial charge is 0.325 e. The lowest BCUT2D eigenvalue weighted by atomic mass is 10.2. The minimum atomic E-state index is -0.0935. The number of hydrogen-bond acceptors (Lipinski definition) is 5. The molecule has 4 aromatic rings. The van der Waals surface area contributed by atoms with Gasteiger partial charge >= 0.3 is 0 Å². The van der Waals surface area contributed by atoms with Gasteiger partial charge in [0.2, 0.25) is 11.1 Å². The summed E-state index contributed by atoms with van der Waals surface area (Å²) in [6, 6.07) is 17.5. The van der Waals surface area contributed by atoms with Crippen LogP contribution in [-0.2, 0) is 11.3 Å².